The molecular formula is C15H24O6. The molecule has 1 saturated carbocycles. The van der Waals surface area contributed by atoms with Crippen LogP contribution in [-0.4, -0.2) is 50.6 Å². The smallest absolute Gasteiger partial charge is 0.332 e. The highest BCUT2D eigenvalue weighted by Gasteiger charge is 2.36. The number of ether oxygens (including phenoxy) is 3. The molecule has 0 bridgehead atoms. The Labute approximate surface area is 125 Å². The van der Waals surface area contributed by atoms with Crippen molar-refractivity contribution in [3.05, 3.63) is 0 Å². The zero-order chi connectivity index (χ0) is 15.7. The summed E-state index contributed by atoms with van der Waals surface area (Å²) in [7, 11) is 0. The lowest BCUT2D eigenvalue weighted by atomic mass is 10.3. The summed E-state index contributed by atoms with van der Waals surface area (Å²) in [6, 6.07) is 0. The van der Waals surface area contributed by atoms with Crippen LogP contribution in [0.15, 0.2) is 0 Å². The highest BCUT2D eigenvalue weighted by atomic mass is 16.6. The van der Waals surface area contributed by atoms with Crippen molar-refractivity contribution >= 4 is 17.5 Å². The molecule has 6 nitrogen and oxygen atoms in total. The summed E-state index contributed by atoms with van der Waals surface area (Å²) >= 11 is 0. The van der Waals surface area contributed by atoms with Gasteiger partial charge in [0.1, 0.15) is 25.6 Å². The van der Waals surface area contributed by atoms with Gasteiger partial charge in [-0.2, -0.15) is 0 Å². The summed E-state index contributed by atoms with van der Waals surface area (Å²) in [5.41, 5.74) is 0. The maximum atomic E-state index is 11.4. The van der Waals surface area contributed by atoms with Crippen LogP contribution in [0.3, 0.4) is 0 Å². The van der Waals surface area contributed by atoms with E-state index in [1.54, 1.807) is 0 Å². The highest BCUT2D eigenvalue weighted by Crippen LogP contribution is 2.40. The predicted molar refractivity (Wildman–Crippen MR) is 74.8 cm³/mol. The van der Waals surface area contributed by atoms with Gasteiger partial charge in [-0.3, -0.25) is 9.59 Å². The number of ketones is 2. The van der Waals surface area contributed by atoms with Crippen LogP contribution < -0.4 is 0 Å². The zero-order valence-electron chi connectivity index (χ0n) is 12.8. The molecular weight excluding hydrogens is 276 g/mol. The van der Waals surface area contributed by atoms with Crippen molar-refractivity contribution in [1.29, 1.82) is 0 Å². The van der Waals surface area contributed by atoms with E-state index in [9.17, 15) is 14.4 Å². The van der Waals surface area contributed by atoms with Crippen molar-refractivity contribution in [2.45, 2.75) is 33.1 Å². The molecule has 1 fully saturated rings. The molecule has 1 aliphatic rings. The van der Waals surface area contributed by atoms with Crippen LogP contribution in [0.2, 0.25) is 0 Å². The quantitative estimate of drug-likeness (QED) is 0.397. The van der Waals surface area contributed by atoms with Crippen molar-refractivity contribution < 1.29 is 28.6 Å². The van der Waals surface area contributed by atoms with E-state index in [1.807, 2.05) is 0 Å². The van der Waals surface area contributed by atoms with Crippen molar-refractivity contribution in [2.75, 3.05) is 33.0 Å². The molecule has 120 valence electrons. The Kier molecular flexibility index (Phi) is 8.15. The van der Waals surface area contributed by atoms with Crippen LogP contribution in [0.5, 0.6) is 0 Å². The molecule has 21 heavy (non-hydrogen) atoms. The van der Waals surface area contributed by atoms with E-state index >= 15 is 0 Å². The Morgan fingerprint density at radius 1 is 1.05 bits per heavy atom. The van der Waals surface area contributed by atoms with Gasteiger partial charge in [0.15, 0.2) is 5.78 Å². The summed E-state index contributed by atoms with van der Waals surface area (Å²) in [5, 5.41) is 0. The molecule has 0 aromatic carbocycles. The minimum atomic E-state index is -0.443. The number of rotatable bonds is 12. The topological polar surface area (TPSA) is 78.9 Å². The minimum Gasteiger partial charge on any atom is -0.464 e. The molecule has 2 unspecified atom stereocenters. The van der Waals surface area contributed by atoms with Gasteiger partial charge < -0.3 is 14.2 Å². The number of esters is 1. The highest BCUT2D eigenvalue weighted by molar-refractivity contribution is 5.81. The molecule has 0 spiro atoms. The van der Waals surface area contributed by atoms with E-state index in [4.69, 9.17) is 14.2 Å². The second-order valence-electron chi connectivity index (χ2n) is 5.38. The Bertz CT molecular complexity index is 365. The normalized spacial score (nSPS) is 20.1. The largest absolute Gasteiger partial charge is 0.464 e. The van der Waals surface area contributed by atoms with Gasteiger partial charge in [0, 0.05) is 6.42 Å². The molecule has 0 aromatic heterocycles. The Balaban J connectivity index is 1.93. The van der Waals surface area contributed by atoms with Gasteiger partial charge in [-0.15, -0.1) is 0 Å². The number of carbonyl (C=O) groups is 3. The van der Waals surface area contributed by atoms with E-state index in [0.29, 0.717) is 24.9 Å². The number of carbonyl (C=O) groups excluding carboxylic acids is 3. The summed E-state index contributed by atoms with van der Waals surface area (Å²) < 4.78 is 15.0. The van der Waals surface area contributed by atoms with Gasteiger partial charge in [-0.05, 0) is 25.2 Å². The first kappa shape index (κ1) is 17.8. The average Bonchev–Trinajstić information content (AvgIpc) is 3.20. The summed E-state index contributed by atoms with van der Waals surface area (Å²) in [6.45, 7) is 3.75. The Hall–Kier alpha value is -1.27. The SMILES string of the molecule is CCC1CC1COC(=O)COCC(=O)COCCC(C)=O. The molecule has 6 heteroatoms. The molecule has 0 heterocycles. The van der Waals surface area contributed by atoms with Gasteiger partial charge in [-0.25, -0.2) is 4.79 Å². The zero-order valence-corrected chi connectivity index (χ0v) is 12.8. The Morgan fingerprint density at radius 3 is 2.38 bits per heavy atom. The van der Waals surface area contributed by atoms with Crippen LogP contribution in [0, 0.1) is 11.8 Å². The third-order valence-corrected chi connectivity index (χ3v) is 3.40. The maximum Gasteiger partial charge on any atom is 0.332 e. The van der Waals surface area contributed by atoms with Crippen LogP contribution in [0.1, 0.15) is 33.1 Å². The molecule has 0 N–H and O–H groups in total. The first-order valence-electron chi connectivity index (χ1n) is 7.35. The third-order valence-electron chi connectivity index (χ3n) is 3.40. The fraction of sp³-hybridized carbons (Fsp3) is 0.800. The van der Waals surface area contributed by atoms with Gasteiger partial charge in [-0.1, -0.05) is 13.3 Å². The maximum absolute atomic E-state index is 11.4. The summed E-state index contributed by atoms with van der Waals surface area (Å²) in [4.78, 5) is 33.3. The first-order valence-corrected chi connectivity index (χ1v) is 7.35. The second kappa shape index (κ2) is 9.63. The van der Waals surface area contributed by atoms with Gasteiger partial charge in [0.25, 0.3) is 0 Å². The molecule has 0 amide bonds. The average molecular weight is 300 g/mol. The monoisotopic (exact) mass is 300 g/mol. The van der Waals surface area contributed by atoms with E-state index < -0.39 is 5.97 Å². The second-order valence-corrected chi connectivity index (χ2v) is 5.38. The fourth-order valence-corrected chi connectivity index (χ4v) is 1.95. The molecule has 0 aliphatic heterocycles. The van der Waals surface area contributed by atoms with Crippen molar-refractivity contribution in [3.8, 4) is 0 Å². The van der Waals surface area contributed by atoms with E-state index in [0.717, 1.165) is 12.8 Å². The van der Waals surface area contributed by atoms with E-state index in [2.05, 4.69) is 6.92 Å². The van der Waals surface area contributed by atoms with Gasteiger partial charge in [0.05, 0.1) is 13.2 Å². The lowest BCUT2D eigenvalue weighted by Crippen LogP contribution is -2.21. The summed E-state index contributed by atoms with van der Waals surface area (Å²) in [5.74, 6) is 0.492. The third kappa shape index (κ3) is 8.57. The fourth-order valence-electron chi connectivity index (χ4n) is 1.95. The van der Waals surface area contributed by atoms with E-state index in [1.165, 1.54) is 6.92 Å². The van der Waals surface area contributed by atoms with Gasteiger partial charge in [0.2, 0.25) is 0 Å². The minimum absolute atomic E-state index is 0.0161. The van der Waals surface area contributed by atoms with Crippen molar-refractivity contribution in [3.63, 3.8) is 0 Å². The lowest BCUT2D eigenvalue weighted by molar-refractivity contribution is -0.150. The standard InChI is InChI=1S/C15H24O6/c1-3-12-6-13(12)7-21-15(18)10-20-9-14(17)8-19-5-4-11(2)16/h12-13H,3-10H2,1-2H3. The Morgan fingerprint density at radius 2 is 1.76 bits per heavy atom. The van der Waals surface area contributed by atoms with Gasteiger partial charge >= 0.3 is 5.97 Å². The molecule has 1 rings (SSSR count). The number of hydrogen-bond acceptors (Lipinski definition) is 6. The van der Waals surface area contributed by atoms with E-state index in [-0.39, 0.29) is 38.0 Å². The van der Waals surface area contributed by atoms with Crippen LogP contribution in [0.25, 0.3) is 0 Å². The van der Waals surface area contributed by atoms with Crippen molar-refractivity contribution in [1.82, 2.24) is 0 Å². The molecule has 0 aromatic rings. The number of Topliss-reactive ketones (excluding diaryl/α,β-unsaturated/α-hetero) is 2. The molecule has 1 aliphatic carbocycles. The lowest BCUT2D eigenvalue weighted by Gasteiger charge is -2.05. The molecule has 2 atom stereocenters. The van der Waals surface area contributed by atoms with Crippen LogP contribution >= 0.6 is 0 Å². The molecule has 0 radical (unpaired) electrons. The predicted octanol–water partition coefficient (Wildman–Crippen LogP) is 1.16. The van der Waals surface area contributed by atoms with Crippen LogP contribution in [-0.2, 0) is 28.6 Å². The van der Waals surface area contributed by atoms with Crippen LogP contribution in [0.4, 0.5) is 0 Å². The van der Waals surface area contributed by atoms with Crippen molar-refractivity contribution in [2.24, 2.45) is 11.8 Å². The number of hydrogen-bond donors (Lipinski definition) is 0. The molecule has 0 saturated heterocycles. The summed E-state index contributed by atoms with van der Waals surface area (Å²) in [6.07, 6.45) is 2.54. The first-order chi connectivity index (χ1) is 10.0.